The molecule has 1 saturated heterocycles. The van der Waals surface area contributed by atoms with Gasteiger partial charge in [0.2, 0.25) is 0 Å². The molecule has 2 N–H and O–H groups in total. The van der Waals surface area contributed by atoms with Crippen LogP contribution in [0.2, 0.25) is 0 Å². The van der Waals surface area contributed by atoms with Gasteiger partial charge >= 0.3 is 5.97 Å². The Bertz CT molecular complexity index is 1140. The molecule has 1 amide bonds. The van der Waals surface area contributed by atoms with Crippen molar-refractivity contribution < 1.29 is 28.6 Å². The highest BCUT2D eigenvalue weighted by Crippen LogP contribution is 2.41. The normalized spacial score (nSPS) is 17.8. The standard InChI is InChI=1S/C24H28FN3O5/c1-13-17(14(2)26-19(13)24(32)33-5)21(29)18-20(15-8-6-9-16(25)12-15)28(23(31)22(18)30)11-7-10-27(3)4/h6,8-9,12,20,26,29H,7,10-11H2,1-5H3/b21-18+/t20-/m0/s1. The summed E-state index contributed by atoms with van der Waals surface area (Å²) in [5.74, 6) is -3.18. The van der Waals surface area contributed by atoms with E-state index in [4.69, 9.17) is 4.74 Å². The molecule has 0 saturated carbocycles. The van der Waals surface area contributed by atoms with Crippen molar-refractivity contribution in [2.45, 2.75) is 26.3 Å². The van der Waals surface area contributed by atoms with Crippen LogP contribution in [0.4, 0.5) is 4.39 Å². The van der Waals surface area contributed by atoms with Crippen LogP contribution < -0.4 is 0 Å². The number of carbonyl (C=O) groups is 3. The van der Waals surface area contributed by atoms with E-state index in [1.807, 2.05) is 19.0 Å². The van der Waals surface area contributed by atoms with Crippen LogP contribution in [-0.4, -0.2) is 71.8 Å². The van der Waals surface area contributed by atoms with E-state index < -0.39 is 35.3 Å². The number of halogens is 1. The van der Waals surface area contributed by atoms with E-state index in [2.05, 4.69) is 4.98 Å². The zero-order chi connectivity index (χ0) is 24.4. The minimum atomic E-state index is -0.960. The number of aromatic amines is 1. The molecule has 0 aliphatic carbocycles. The number of H-pyrrole nitrogens is 1. The third-order valence-corrected chi connectivity index (χ3v) is 5.77. The van der Waals surface area contributed by atoms with Crippen LogP contribution in [0, 0.1) is 19.7 Å². The van der Waals surface area contributed by atoms with E-state index in [0.717, 1.165) is 0 Å². The van der Waals surface area contributed by atoms with E-state index >= 15 is 0 Å². The highest BCUT2D eigenvalue weighted by molar-refractivity contribution is 6.46. The van der Waals surface area contributed by atoms with Gasteiger partial charge in [0.1, 0.15) is 17.3 Å². The predicted octanol–water partition coefficient (Wildman–Crippen LogP) is 2.93. The molecule has 9 heteroatoms. The number of benzene rings is 1. The lowest BCUT2D eigenvalue weighted by Gasteiger charge is -2.26. The lowest BCUT2D eigenvalue weighted by molar-refractivity contribution is -0.139. The molecule has 176 valence electrons. The lowest BCUT2D eigenvalue weighted by atomic mass is 9.94. The third kappa shape index (κ3) is 4.54. The number of nitrogens with zero attached hydrogens (tertiary/aromatic N) is 2. The summed E-state index contributed by atoms with van der Waals surface area (Å²) in [7, 11) is 5.03. The first-order valence-corrected chi connectivity index (χ1v) is 10.5. The second-order valence-corrected chi connectivity index (χ2v) is 8.32. The van der Waals surface area contributed by atoms with Gasteiger partial charge in [-0.1, -0.05) is 12.1 Å². The Hall–Kier alpha value is -3.46. The van der Waals surface area contributed by atoms with Crippen molar-refractivity contribution in [1.29, 1.82) is 0 Å². The molecule has 2 heterocycles. The average molecular weight is 458 g/mol. The van der Waals surface area contributed by atoms with Gasteiger partial charge in [0.05, 0.1) is 18.7 Å². The summed E-state index contributed by atoms with van der Waals surface area (Å²) in [6.07, 6.45) is 0.584. The smallest absolute Gasteiger partial charge is 0.354 e. The number of aromatic nitrogens is 1. The molecule has 1 aromatic carbocycles. The summed E-state index contributed by atoms with van der Waals surface area (Å²) in [5.41, 5.74) is 1.43. The number of aliphatic hydroxyl groups is 1. The van der Waals surface area contributed by atoms with Gasteiger partial charge in [0.15, 0.2) is 0 Å². The Morgan fingerprint density at radius 1 is 1.27 bits per heavy atom. The van der Waals surface area contributed by atoms with Gasteiger partial charge in [-0.2, -0.15) is 0 Å². The Kier molecular flexibility index (Phi) is 7.02. The van der Waals surface area contributed by atoms with Crippen LogP contribution in [0.5, 0.6) is 0 Å². The van der Waals surface area contributed by atoms with E-state index in [-0.39, 0.29) is 23.4 Å². The zero-order valence-corrected chi connectivity index (χ0v) is 19.4. The quantitative estimate of drug-likeness (QED) is 0.287. The summed E-state index contributed by atoms with van der Waals surface area (Å²) in [6.45, 7) is 4.17. The number of Topliss-reactive ketones (excluding diaryl/α,β-unsaturated/α-hetero) is 1. The summed E-state index contributed by atoms with van der Waals surface area (Å²) in [6, 6.07) is 4.66. The molecule has 8 nitrogen and oxygen atoms in total. The summed E-state index contributed by atoms with van der Waals surface area (Å²) < 4.78 is 18.9. The average Bonchev–Trinajstić information content (AvgIpc) is 3.20. The van der Waals surface area contributed by atoms with Gasteiger partial charge in [-0.25, -0.2) is 9.18 Å². The monoisotopic (exact) mass is 457 g/mol. The molecule has 1 atom stereocenters. The fourth-order valence-corrected chi connectivity index (χ4v) is 4.24. The number of methoxy groups -OCH3 is 1. The number of hydrogen-bond acceptors (Lipinski definition) is 6. The number of hydrogen-bond donors (Lipinski definition) is 2. The first kappa shape index (κ1) is 24.2. The molecule has 1 aromatic heterocycles. The Balaban J connectivity index is 2.18. The van der Waals surface area contributed by atoms with Gasteiger partial charge in [-0.3, -0.25) is 9.59 Å². The van der Waals surface area contributed by atoms with Gasteiger partial charge < -0.3 is 24.6 Å². The van der Waals surface area contributed by atoms with Gasteiger partial charge in [-0.15, -0.1) is 0 Å². The van der Waals surface area contributed by atoms with Crippen molar-refractivity contribution in [3.63, 3.8) is 0 Å². The number of esters is 1. The molecular weight excluding hydrogens is 429 g/mol. The van der Waals surface area contributed by atoms with Crippen molar-refractivity contribution >= 4 is 23.4 Å². The number of rotatable bonds is 7. The highest BCUT2D eigenvalue weighted by Gasteiger charge is 2.46. The minimum Gasteiger partial charge on any atom is -0.507 e. The zero-order valence-electron chi connectivity index (χ0n) is 19.4. The van der Waals surface area contributed by atoms with Crippen molar-refractivity contribution in [2.24, 2.45) is 0 Å². The minimum absolute atomic E-state index is 0.138. The van der Waals surface area contributed by atoms with Crippen LogP contribution in [0.15, 0.2) is 29.8 Å². The lowest BCUT2D eigenvalue weighted by Crippen LogP contribution is -2.32. The predicted molar refractivity (Wildman–Crippen MR) is 120 cm³/mol. The SMILES string of the molecule is COC(=O)c1[nH]c(C)c(/C(O)=C2\C(=O)C(=O)N(CCCN(C)C)[C@H]2c2cccc(F)c2)c1C. The first-order valence-electron chi connectivity index (χ1n) is 10.5. The van der Waals surface area contributed by atoms with Crippen LogP contribution in [0.25, 0.3) is 5.76 Å². The number of nitrogens with one attached hydrogen (secondary N) is 1. The van der Waals surface area contributed by atoms with Gasteiger partial charge in [0, 0.05) is 17.8 Å². The van der Waals surface area contributed by atoms with Gasteiger partial charge in [0.25, 0.3) is 11.7 Å². The molecule has 1 aliphatic rings. The fraction of sp³-hybridized carbons (Fsp3) is 0.375. The van der Waals surface area contributed by atoms with Crippen molar-refractivity contribution in [1.82, 2.24) is 14.8 Å². The van der Waals surface area contributed by atoms with Crippen LogP contribution >= 0.6 is 0 Å². The molecule has 1 fully saturated rings. The fourth-order valence-electron chi connectivity index (χ4n) is 4.24. The molecular formula is C24H28FN3O5. The van der Waals surface area contributed by atoms with E-state index in [0.29, 0.717) is 29.8 Å². The van der Waals surface area contributed by atoms with Crippen LogP contribution in [-0.2, 0) is 14.3 Å². The second-order valence-electron chi connectivity index (χ2n) is 8.32. The summed E-state index contributed by atoms with van der Waals surface area (Å²) in [5, 5.41) is 11.3. The maximum absolute atomic E-state index is 14.1. The van der Waals surface area contributed by atoms with Crippen molar-refractivity contribution in [3.8, 4) is 0 Å². The molecule has 0 bridgehead atoms. The molecule has 1 aliphatic heterocycles. The maximum atomic E-state index is 14.1. The van der Waals surface area contributed by atoms with E-state index in [1.165, 1.54) is 30.2 Å². The first-order chi connectivity index (χ1) is 15.6. The molecule has 3 rings (SSSR count). The Labute approximate surface area is 191 Å². The van der Waals surface area contributed by atoms with E-state index in [1.54, 1.807) is 19.9 Å². The topological polar surface area (TPSA) is 103 Å². The number of ketones is 1. The number of amides is 1. The second kappa shape index (κ2) is 9.58. The van der Waals surface area contributed by atoms with Crippen molar-refractivity contribution in [3.05, 3.63) is 63.7 Å². The van der Waals surface area contributed by atoms with Gasteiger partial charge in [-0.05, 0) is 64.2 Å². The summed E-state index contributed by atoms with van der Waals surface area (Å²) >= 11 is 0. The number of ether oxygens (including phenoxy) is 1. The molecule has 0 unspecified atom stereocenters. The highest BCUT2D eigenvalue weighted by atomic mass is 19.1. The number of aliphatic hydroxyl groups excluding tert-OH is 1. The van der Waals surface area contributed by atoms with E-state index in [9.17, 15) is 23.9 Å². The summed E-state index contributed by atoms with van der Waals surface area (Å²) in [4.78, 5) is 44.3. The van der Waals surface area contributed by atoms with Crippen molar-refractivity contribution in [2.75, 3.05) is 34.3 Å². The molecule has 0 radical (unpaired) electrons. The molecule has 0 spiro atoms. The number of aryl methyl sites for hydroxylation is 1. The maximum Gasteiger partial charge on any atom is 0.354 e. The number of likely N-dealkylation sites (tertiary alicyclic amines) is 1. The third-order valence-electron chi connectivity index (χ3n) is 5.77. The largest absolute Gasteiger partial charge is 0.507 e. The molecule has 33 heavy (non-hydrogen) atoms. The number of carbonyl (C=O) groups excluding carboxylic acids is 3. The Morgan fingerprint density at radius 2 is 1.97 bits per heavy atom. The molecule has 2 aromatic rings. The Morgan fingerprint density at radius 3 is 2.58 bits per heavy atom. The van der Waals surface area contributed by atoms with Crippen LogP contribution in [0.3, 0.4) is 0 Å². The van der Waals surface area contributed by atoms with Crippen LogP contribution in [0.1, 0.15) is 45.3 Å².